The molecular weight excluding hydrogens is 316 g/mol. The standard InChI is InChI=1S/C12H15BrN2O2S/c1-3-12(4-2)10(16)14-11(17)15(12)6-9-5-8(13)7-18-9/h5,7H,3-4,6H2,1-2H3,(H,14,16,17). The van der Waals surface area contributed by atoms with Gasteiger partial charge in [0.05, 0.1) is 6.54 Å². The second-order valence-corrected chi connectivity index (χ2v) is 6.23. The first-order valence-electron chi connectivity index (χ1n) is 5.89. The molecule has 1 aromatic rings. The second kappa shape index (κ2) is 5.01. The molecule has 18 heavy (non-hydrogen) atoms. The Morgan fingerprint density at radius 3 is 2.56 bits per heavy atom. The van der Waals surface area contributed by atoms with Gasteiger partial charge < -0.3 is 4.90 Å². The van der Waals surface area contributed by atoms with Crippen LogP contribution in [-0.2, 0) is 11.3 Å². The molecule has 2 heterocycles. The molecule has 4 nitrogen and oxygen atoms in total. The van der Waals surface area contributed by atoms with E-state index in [4.69, 9.17) is 0 Å². The molecule has 1 N–H and O–H groups in total. The summed E-state index contributed by atoms with van der Waals surface area (Å²) in [5.41, 5.74) is -0.687. The fraction of sp³-hybridized carbons (Fsp3) is 0.500. The maximum absolute atomic E-state index is 12.0. The Kier molecular flexibility index (Phi) is 3.77. The quantitative estimate of drug-likeness (QED) is 0.862. The smallest absolute Gasteiger partial charge is 0.305 e. The summed E-state index contributed by atoms with van der Waals surface area (Å²) in [5, 5.41) is 4.40. The van der Waals surface area contributed by atoms with Gasteiger partial charge >= 0.3 is 6.03 Å². The molecule has 0 spiro atoms. The Bertz CT molecular complexity index is 482. The number of hydrogen-bond acceptors (Lipinski definition) is 3. The minimum Gasteiger partial charge on any atom is -0.305 e. The largest absolute Gasteiger partial charge is 0.325 e. The molecular formula is C12H15BrN2O2S. The first kappa shape index (κ1) is 13.5. The summed E-state index contributed by atoms with van der Waals surface area (Å²) in [4.78, 5) is 26.6. The van der Waals surface area contributed by atoms with Crippen LogP contribution in [0.2, 0.25) is 0 Å². The molecule has 1 aliphatic heterocycles. The molecule has 98 valence electrons. The first-order valence-corrected chi connectivity index (χ1v) is 7.56. The van der Waals surface area contributed by atoms with Crippen molar-refractivity contribution in [2.75, 3.05) is 0 Å². The maximum Gasteiger partial charge on any atom is 0.325 e. The number of carbonyl (C=O) groups excluding carboxylic acids is 2. The highest BCUT2D eigenvalue weighted by Gasteiger charge is 2.50. The van der Waals surface area contributed by atoms with Gasteiger partial charge in [-0.3, -0.25) is 10.1 Å². The Morgan fingerprint density at radius 1 is 1.39 bits per heavy atom. The highest BCUT2D eigenvalue weighted by molar-refractivity contribution is 9.10. The summed E-state index contributed by atoms with van der Waals surface area (Å²) >= 11 is 4.98. The molecule has 1 saturated heterocycles. The third-order valence-corrected chi connectivity index (χ3v) is 5.19. The second-order valence-electron chi connectivity index (χ2n) is 4.32. The van der Waals surface area contributed by atoms with E-state index >= 15 is 0 Å². The predicted molar refractivity (Wildman–Crippen MR) is 74.4 cm³/mol. The van der Waals surface area contributed by atoms with E-state index in [1.807, 2.05) is 25.3 Å². The van der Waals surface area contributed by atoms with Crippen LogP contribution in [0.15, 0.2) is 15.9 Å². The van der Waals surface area contributed by atoms with Crippen molar-refractivity contribution < 1.29 is 9.59 Å². The molecule has 0 unspecified atom stereocenters. The number of rotatable bonds is 4. The van der Waals surface area contributed by atoms with Gasteiger partial charge in [-0.15, -0.1) is 11.3 Å². The summed E-state index contributed by atoms with van der Waals surface area (Å²) in [5.74, 6) is -0.173. The SMILES string of the molecule is CCC1(CC)C(=O)NC(=O)N1Cc1cc(Br)cs1. The van der Waals surface area contributed by atoms with Crippen LogP contribution in [0.5, 0.6) is 0 Å². The third kappa shape index (κ3) is 2.07. The van der Waals surface area contributed by atoms with Gasteiger partial charge in [0.1, 0.15) is 5.54 Å². The van der Waals surface area contributed by atoms with Gasteiger partial charge in [0.25, 0.3) is 5.91 Å². The average Bonchev–Trinajstić information content (AvgIpc) is 2.84. The number of thiophene rings is 1. The van der Waals surface area contributed by atoms with Crippen molar-refractivity contribution in [2.24, 2.45) is 0 Å². The molecule has 0 saturated carbocycles. The van der Waals surface area contributed by atoms with Crippen molar-refractivity contribution >= 4 is 39.2 Å². The molecule has 0 aliphatic carbocycles. The van der Waals surface area contributed by atoms with E-state index in [9.17, 15) is 9.59 Å². The zero-order valence-corrected chi connectivity index (χ0v) is 12.7. The lowest BCUT2D eigenvalue weighted by Crippen LogP contribution is -2.48. The molecule has 1 aliphatic rings. The highest BCUT2D eigenvalue weighted by atomic mass is 79.9. The van der Waals surface area contributed by atoms with Gasteiger partial charge in [0.2, 0.25) is 0 Å². The van der Waals surface area contributed by atoms with Gasteiger partial charge in [-0.25, -0.2) is 4.79 Å². The van der Waals surface area contributed by atoms with Crippen molar-refractivity contribution in [3.8, 4) is 0 Å². The Morgan fingerprint density at radius 2 is 2.06 bits per heavy atom. The number of urea groups is 1. The zero-order valence-electron chi connectivity index (χ0n) is 10.3. The normalized spacial score (nSPS) is 18.3. The summed E-state index contributed by atoms with van der Waals surface area (Å²) in [6, 6.07) is 1.70. The lowest BCUT2D eigenvalue weighted by atomic mass is 9.91. The van der Waals surface area contributed by atoms with Crippen LogP contribution in [0.4, 0.5) is 4.79 Å². The summed E-state index contributed by atoms with van der Waals surface area (Å²) in [7, 11) is 0. The van der Waals surface area contributed by atoms with Crippen molar-refractivity contribution in [1.82, 2.24) is 10.2 Å². The van der Waals surface area contributed by atoms with Crippen LogP contribution in [0.25, 0.3) is 0 Å². The predicted octanol–water partition coefficient (Wildman–Crippen LogP) is 3.12. The number of imide groups is 1. The zero-order chi connectivity index (χ0) is 13.3. The van der Waals surface area contributed by atoms with E-state index in [-0.39, 0.29) is 11.9 Å². The number of halogens is 1. The number of hydrogen-bond donors (Lipinski definition) is 1. The molecule has 0 bridgehead atoms. The van der Waals surface area contributed by atoms with Crippen LogP contribution in [0.1, 0.15) is 31.6 Å². The van der Waals surface area contributed by atoms with Crippen LogP contribution >= 0.6 is 27.3 Å². The highest BCUT2D eigenvalue weighted by Crippen LogP contribution is 2.32. The van der Waals surface area contributed by atoms with Gasteiger partial charge in [-0.2, -0.15) is 0 Å². The number of nitrogens with one attached hydrogen (secondary N) is 1. The molecule has 2 rings (SSSR count). The Balaban J connectivity index is 2.29. The number of carbonyl (C=O) groups is 2. The number of nitrogens with zero attached hydrogens (tertiary/aromatic N) is 1. The van der Waals surface area contributed by atoms with E-state index in [0.29, 0.717) is 19.4 Å². The Labute approximate surface area is 118 Å². The molecule has 1 aromatic heterocycles. The Hall–Kier alpha value is -0.880. The minimum atomic E-state index is -0.687. The van der Waals surface area contributed by atoms with Gasteiger partial charge in [0, 0.05) is 14.7 Å². The van der Waals surface area contributed by atoms with E-state index in [1.54, 1.807) is 16.2 Å². The summed E-state index contributed by atoms with van der Waals surface area (Å²) in [6.45, 7) is 4.37. The summed E-state index contributed by atoms with van der Waals surface area (Å²) in [6.07, 6.45) is 1.27. The van der Waals surface area contributed by atoms with Crippen LogP contribution < -0.4 is 5.32 Å². The van der Waals surface area contributed by atoms with Crippen molar-refractivity contribution in [3.63, 3.8) is 0 Å². The molecule has 6 heteroatoms. The fourth-order valence-electron chi connectivity index (χ4n) is 2.37. The molecule has 3 amide bonds. The van der Waals surface area contributed by atoms with Crippen molar-refractivity contribution in [1.29, 1.82) is 0 Å². The molecule has 0 radical (unpaired) electrons. The summed E-state index contributed by atoms with van der Waals surface area (Å²) < 4.78 is 1.01. The minimum absolute atomic E-state index is 0.173. The fourth-order valence-corrected chi connectivity index (χ4v) is 3.81. The lowest BCUT2D eigenvalue weighted by molar-refractivity contribution is -0.127. The first-order chi connectivity index (χ1) is 8.53. The van der Waals surface area contributed by atoms with E-state index in [0.717, 1.165) is 9.35 Å². The lowest BCUT2D eigenvalue weighted by Gasteiger charge is -2.33. The monoisotopic (exact) mass is 330 g/mol. The topological polar surface area (TPSA) is 49.4 Å². The van der Waals surface area contributed by atoms with E-state index < -0.39 is 5.54 Å². The van der Waals surface area contributed by atoms with Gasteiger partial charge in [-0.1, -0.05) is 13.8 Å². The molecule has 0 aromatic carbocycles. The van der Waals surface area contributed by atoms with Gasteiger partial charge in [0.15, 0.2) is 0 Å². The van der Waals surface area contributed by atoms with E-state index in [1.165, 1.54) is 0 Å². The van der Waals surface area contributed by atoms with Gasteiger partial charge in [-0.05, 0) is 34.8 Å². The average molecular weight is 331 g/mol. The van der Waals surface area contributed by atoms with Crippen LogP contribution in [0, 0.1) is 0 Å². The number of amides is 3. The van der Waals surface area contributed by atoms with Crippen molar-refractivity contribution in [2.45, 2.75) is 38.8 Å². The third-order valence-electron chi connectivity index (χ3n) is 3.51. The van der Waals surface area contributed by atoms with Crippen LogP contribution in [0.3, 0.4) is 0 Å². The van der Waals surface area contributed by atoms with E-state index in [2.05, 4.69) is 21.2 Å². The molecule has 1 fully saturated rings. The van der Waals surface area contributed by atoms with Crippen molar-refractivity contribution in [3.05, 3.63) is 20.8 Å². The van der Waals surface area contributed by atoms with Crippen LogP contribution in [-0.4, -0.2) is 22.4 Å². The maximum atomic E-state index is 12.0. The molecule has 0 atom stereocenters.